The van der Waals surface area contributed by atoms with Crippen LogP contribution in [0.15, 0.2) is 65.8 Å². The molecule has 1 N–H and O–H groups in total. The number of hydrogen-bond acceptors (Lipinski definition) is 4. The lowest BCUT2D eigenvalue weighted by Crippen LogP contribution is -2.16. The van der Waals surface area contributed by atoms with Crippen molar-refractivity contribution in [2.75, 3.05) is 4.72 Å². The molecule has 0 spiro atoms. The number of anilines is 1. The lowest BCUT2D eigenvalue weighted by atomic mass is 10.1. The van der Waals surface area contributed by atoms with Crippen LogP contribution in [0.2, 0.25) is 0 Å². The van der Waals surface area contributed by atoms with Gasteiger partial charge >= 0.3 is 0 Å². The molecule has 6 nitrogen and oxygen atoms in total. The first-order valence-corrected chi connectivity index (χ1v) is 9.72. The van der Waals surface area contributed by atoms with Crippen LogP contribution < -0.4 is 4.72 Å². The van der Waals surface area contributed by atoms with Gasteiger partial charge in [0.2, 0.25) is 5.78 Å². The van der Waals surface area contributed by atoms with Crippen LogP contribution in [0, 0.1) is 18.6 Å². The quantitative estimate of drug-likeness (QED) is 0.566. The third kappa shape index (κ3) is 3.09. The summed E-state index contributed by atoms with van der Waals surface area (Å²) in [6, 6.07) is 11.1. The summed E-state index contributed by atoms with van der Waals surface area (Å²) >= 11 is 0. The molecule has 4 rings (SSSR count). The molecule has 4 aromatic rings. The van der Waals surface area contributed by atoms with Crippen LogP contribution >= 0.6 is 0 Å². The number of fused-ring (bicyclic) bond motifs is 1. The molecule has 28 heavy (non-hydrogen) atoms. The molecule has 0 amide bonds. The highest BCUT2D eigenvalue weighted by Crippen LogP contribution is 2.27. The lowest BCUT2D eigenvalue weighted by molar-refractivity contribution is 0.521. The van der Waals surface area contributed by atoms with E-state index in [0.717, 1.165) is 23.9 Å². The molecule has 0 atom stereocenters. The third-order valence-corrected chi connectivity index (χ3v) is 5.65. The minimum absolute atomic E-state index is 0.157. The average Bonchev–Trinajstić information content (AvgIpc) is 2.98. The minimum atomic E-state index is -4.45. The van der Waals surface area contributed by atoms with Crippen molar-refractivity contribution < 1.29 is 17.2 Å². The van der Waals surface area contributed by atoms with Crippen LogP contribution in [0.5, 0.6) is 0 Å². The van der Waals surface area contributed by atoms with E-state index in [1.54, 1.807) is 34.9 Å². The summed E-state index contributed by atoms with van der Waals surface area (Å²) in [4.78, 5) is 7.63. The second-order valence-corrected chi connectivity index (χ2v) is 7.69. The molecule has 0 saturated carbocycles. The Morgan fingerprint density at radius 3 is 2.46 bits per heavy atom. The van der Waals surface area contributed by atoms with Crippen LogP contribution in [0.1, 0.15) is 5.69 Å². The van der Waals surface area contributed by atoms with Gasteiger partial charge in [-0.05, 0) is 37.3 Å². The molecular formula is C19H14F2N4O2S. The first-order valence-electron chi connectivity index (χ1n) is 8.24. The summed E-state index contributed by atoms with van der Waals surface area (Å²) in [5, 5.41) is 0. The Hall–Kier alpha value is -3.33. The topological polar surface area (TPSA) is 76.4 Å². The predicted octanol–water partition coefficient (Wildman–Crippen LogP) is 3.78. The maximum atomic E-state index is 13.9. The fraction of sp³-hybridized carbons (Fsp3) is 0.0526. The molecule has 9 heteroatoms. The number of nitrogens with zero attached hydrogens (tertiary/aromatic N) is 3. The fourth-order valence-corrected chi connectivity index (χ4v) is 4.14. The van der Waals surface area contributed by atoms with E-state index in [1.165, 1.54) is 6.07 Å². The molecule has 2 heterocycles. The average molecular weight is 400 g/mol. The highest BCUT2D eigenvalue weighted by Gasteiger charge is 2.24. The van der Waals surface area contributed by atoms with E-state index in [2.05, 4.69) is 14.7 Å². The van der Waals surface area contributed by atoms with E-state index in [1.807, 2.05) is 13.1 Å². The molecule has 2 aromatic heterocycles. The number of nitrogens with one attached hydrogen (secondary N) is 1. The Morgan fingerprint density at radius 1 is 1.04 bits per heavy atom. The molecule has 0 aliphatic carbocycles. The van der Waals surface area contributed by atoms with E-state index in [-0.39, 0.29) is 5.69 Å². The van der Waals surface area contributed by atoms with Crippen molar-refractivity contribution in [3.63, 3.8) is 0 Å². The molecule has 0 aliphatic rings. The number of aromatic nitrogens is 3. The van der Waals surface area contributed by atoms with Crippen LogP contribution in [-0.4, -0.2) is 22.8 Å². The normalized spacial score (nSPS) is 11.7. The van der Waals surface area contributed by atoms with Gasteiger partial charge in [0, 0.05) is 29.3 Å². The third-order valence-electron chi connectivity index (χ3n) is 4.22. The SMILES string of the molecule is Cc1c(-c2cccc(NS(=O)(=O)c3c(F)cccc3F)c2)nc2ncccn12. The van der Waals surface area contributed by atoms with Gasteiger partial charge in [0.25, 0.3) is 10.0 Å². The van der Waals surface area contributed by atoms with E-state index >= 15 is 0 Å². The van der Waals surface area contributed by atoms with Crippen molar-refractivity contribution in [1.29, 1.82) is 0 Å². The second kappa shape index (κ2) is 6.68. The first-order chi connectivity index (χ1) is 13.4. The second-order valence-electron chi connectivity index (χ2n) is 6.07. The Kier molecular flexibility index (Phi) is 4.31. The zero-order valence-corrected chi connectivity index (χ0v) is 15.4. The summed E-state index contributed by atoms with van der Waals surface area (Å²) in [6.45, 7) is 1.86. The zero-order chi connectivity index (χ0) is 19.9. The van der Waals surface area contributed by atoms with Gasteiger partial charge in [-0.3, -0.25) is 9.12 Å². The summed E-state index contributed by atoms with van der Waals surface area (Å²) in [5.41, 5.74) is 2.24. The van der Waals surface area contributed by atoms with E-state index in [4.69, 9.17) is 0 Å². The fourth-order valence-electron chi connectivity index (χ4n) is 2.95. The highest BCUT2D eigenvalue weighted by atomic mass is 32.2. The summed E-state index contributed by atoms with van der Waals surface area (Å²) in [6.07, 6.45) is 3.45. The predicted molar refractivity (Wildman–Crippen MR) is 100 cm³/mol. The van der Waals surface area contributed by atoms with E-state index in [0.29, 0.717) is 17.0 Å². The Morgan fingerprint density at radius 2 is 1.75 bits per heavy atom. The number of rotatable bonds is 4. The maximum absolute atomic E-state index is 13.9. The van der Waals surface area contributed by atoms with Crippen molar-refractivity contribution in [3.05, 3.63) is 78.3 Å². The van der Waals surface area contributed by atoms with E-state index in [9.17, 15) is 17.2 Å². The molecule has 142 valence electrons. The Balaban J connectivity index is 1.74. The standard InChI is InChI=1S/C19H14F2N4O2S/c1-12-17(23-19-22-9-4-10-25(12)19)13-5-2-6-14(11-13)24-28(26,27)18-15(20)7-3-8-16(18)21/h2-11,24H,1H3. The van der Waals surface area contributed by atoms with Gasteiger partial charge in [0.15, 0.2) is 4.90 Å². The van der Waals surface area contributed by atoms with Gasteiger partial charge in [-0.2, -0.15) is 0 Å². The van der Waals surface area contributed by atoms with Gasteiger partial charge in [-0.25, -0.2) is 27.2 Å². The Bertz CT molecular complexity index is 1280. The molecule has 0 fully saturated rings. The van der Waals surface area contributed by atoms with Gasteiger partial charge in [0.05, 0.1) is 5.69 Å². The van der Waals surface area contributed by atoms with Crippen molar-refractivity contribution in [2.45, 2.75) is 11.8 Å². The molecule has 0 bridgehead atoms. The van der Waals surface area contributed by atoms with Crippen molar-refractivity contribution in [2.24, 2.45) is 0 Å². The number of hydrogen-bond donors (Lipinski definition) is 1. The number of imidazole rings is 1. The van der Waals surface area contributed by atoms with Crippen molar-refractivity contribution in [1.82, 2.24) is 14.4 Å². The molecular weight excluding hydrogens is 386 g/mol. The van der Waals surface area contributed by atoms with Crippen LogP contribution in [0.4, 0.5) is 14.5 Å². The van der Waals surface area contributed by atoms with Gasteiger partial charge in [0.1, 0.15) is 11.6 Å². The molecule has 0 saturated heterocycles. The van der Waals surface area contributed by atoms with Gasteiger partial charge < -0.3 is 0 Å². The summed E-state index contributed by atoms with van der Waals surface area (Å²) < 4.78 is 56.8. The summed E-state index contributed by atoms with van der Waals surface area (Å²) in [7, 11) is -4.45. The van der Waals surface area contributed by atoms with E-state index < -0.39 is 26.6 Å². The number of benzene rings is 2. The van der Waals surface area contributed by atoms with Crippen molar-refractivity contribution in [3.8, 4) is 11.3 Å². The number of sulfonamides is 1. The Labute approximate surface area is 159 Å². The van der Waals surface area contributed by atoms with Crippen LogP contribution in [-0.2, 0) is 10.0 Å². The smallest absolute Gasteiger partial charge is 0.267 e. The van der Waals surface area contributed by atoms with Gasteiger partial charge in [-0.15, -0.1) is 0 Å². The number of halogens is 2. The molecule has 0 aliphatic heterocycles. The zero-order valence-electron chi connectivity index (χ0n) is 14.6. The summed E-state index contributed by atoms with van der Waals surface area (Å²) in [5.74, 6) is -1.81. The maximum Gasteiger partial charge on any atom is 0.267 e. The van der Waals surface area contributed by atoms with Gasteiger partial charge in [-0.1, -0.05) is 18.2 Å². The highest BCUT2D eigenvalue weighted by molar-refractivity contribution is 7.92. The minimum Gasteiger partial charge on any atom is -0.288 e. The first kappa shape index (κ1) is 18.1. The lowest BCUT2D eigenvalue weighted by Gasteiger charge is -2.10. The largest absolute Gasteiger partial charge is 0.288 e. The monoisotopic (exact) mass is 400 g/mol. The molecule has 0 radical (unpaired) electrons. The van der Waals surface area contributed by atoms with Crippen LogP contribution in [0.3, 0.4) is 0 Å². The van der Waals surface area contributed by atoms with Crippen molar-refractivity contribution >= 4 is 21.5 Å². The molecule has 0 unspecified atom stereocenters. The molecule has 2 aromatic carbocycles. The van der Waals surface area contributed by atoms with Crippen LogP contribution in [0.25, 0.3) is 17.0 Å². The number of aryl methyl sites for hydroxylation is 1.